The van der Waals surface area contributed by atoms with E-state index in [1.54, 1.807) is 0 Å². The Morgan fingerprint density at radius 2 is 2.38 bits per heavy atom. The maximum atomic E-state index is 5.81. The lowest BCUT2D eigenvalue weighted by molar-refractivity contribution is 0.143. The van der Waals surface area contributed by atoms with E-state index in [9.17, 15) is 0 Å². The van der Waals surface area contributed by atoms with Gasteiger partial charge in [0, 0.05) is 31.9 Å². The summed E-state index contributed by atoms with van der Waals surface area (Å²) in [5.41, 5.74) is 6.98. The maximum Gasteiger partial charge on any atom is 0.0764 e. The first kappa shape index (κ1) is 11.6. The van der Waals surface area contributed by atoms with Crippen molar-refractivity contribution in [3.8, 4) is 0 Å². The molecule has 0 radical (unpaired) electrons. The molecule has 0 aromatic carbocycles. The van der Waals surface area contributed by atoms with Crippen LogP contribution in [0.4, 0.5) is 0 Å². The molecular formula is C12H22N4. The average molecular weight is 222 g/mol. The third-order valence-electron chi connectivity index (χ3n) is 3.41. The lowest BCUT2D eigenvalue weighted by Crippen LogP contribution is -2.43. The standard InChI is InChI=1S/C12H22N4/c1-2-16-8-6-11(14-16)10-15-7-4-3-5-12(15)9-13/h6,8,12H,2-5,7,9-10,13H2,1H3/t12-/m0/s1. The summed E-state index contributed by atoms with van der Waals surface area (Å²) in [5, 5.41) is 4.53. The van der Waals surface area contributed by atoms with Crippen molar-refractivity contribution in [2.45, 2.75) is 45.3 Å². The first-order valence-corrected chi connectivity index (χ1v) is 6.30. The largest absolute Gasteiger partial charge is 0.329 e. The highest BCUT2D eigenvalue weighted by Gasteiger charge is 2.21. The molecule has 0 saturated carbocycles. The van der Waals surface area contributed by atoms with Gasteiger partial charge in [-0.05, 0) is 32.4 Å². The lowest BCUT2D eigenvalue weighted by Gasteiger charge is -2.34. The van der Waals surface area contributed by atoms with Crippen LogP contribution in [0.2, 0.25) is 0 Å². The number of likely N-dealkylation sites (tertiary alicyclic amines) is 1. The van der Waals surface area contributed by atoms with Crippen LogP contribution in [0.3, 0.4) is 0 Å². The minimum absolute atomic E-state index is 0.556. The molecule has 0 amide bonds. The van der Waals surface area contributed by atoms with Gasteiger partial charge in [-0.25, -0.2) is 0 Å². The van der Waals surface area contributed by atoms with Gasteiger partial charge in [0.2, 0.25) is 0 Å². The van der Waals surface area contributed by atoms with E-state index in [0.717, 1.165) is 19.6 Å². The molecule has 1 aromatic heterocycles. The Kier molecular flexibility index (Phi) is 3.96. The zero-order chi connectivity index (χ0) is 11.4. The lowest BCUT2D eigenvalue weighted by atomic mass is 10.0. The van der Waals surface area contributed by atoms with Crippen LogP contribution in [0.5, 0.6) is 0 Å². The number of nitrogens with zero attached hydrogens (tertiary/aromatic N) is 3. The summed E-state index contributed by atoms with van der Waals surface area (Å²) in [4.78, 5) is 2.48. The molecule has 0 spiro atoms. The maximum absolute atomic E-state index is 5.81. The van der Waals surface area contributed by atoms with Crippen molar-refractivity contribution in [1.82, 2.24) is 14.7 Å². The molecule has 1 aromatic rings. The van der Waals surface area contributed by atoms with Gasteiger partial charge in [-0.1, -0.05) is 6.42 Å². The van der Waals surface area contributed by atoms with Gasteiger partial charge in [0.25, 0.3) is 0 Å². The molecule has 4 heteroatoms. The third-order valence-corrected chi connectivity index (χ3v) is 3.41. The van der Waals surface area contributed by atoms with Gasteiger partial charge in [-0.15, -0.1) is 0 Å². The molecule has 4 nitrogen and oxygen atoms in total. The molecule has 2 heterocycles. The Bertz CT molecular complexity index is 321. The van der Waals surface area contributed by atoms with Crippen LogP contribution in [0.25, 0.3) is 0 Å². The van der Waals surface area contributed by atoms with Gasteiger partial charge in [-0.2, -0.15) is 5.10 Å². The van der Waals surface area contributed by atoms with Gasteiger partial charge < -0.3 is 5.73 Å². The number of nitrogens with two attached hydrogens (primary N) is 1. The molecule has 1 fully saturated rings. The fraction of sp³-hybridized carbons (Fsp3) is 0.750. The normalized spacial score (nSPS) is 22.5. The topological polar surface area (TPSA) is 47.1 Å². The van der Waals surface area contributed by atoms with E-state index in [0.29, 0.717) is 6.04 Å². The summed E-state index contributed by atoms with van der Waals surface area (Å²) in [6.07, 6.45) is 5.91. The highest BCUT2D eigenvalue weighted by Crippen LogP contribution is 2.18. The first-order chi connectivity index (χ1) is 7.83. The Labute approximate surface area is 97.4 Å². The van der Waals surface area contributed by atoms with Crippen molar-refractivity contribution in [3.05, 3.63) is 18.0 Å². The van der Waals surface area contributed by atoms with Crippen molar-refractivity contribution >= 4 is 0 Å². The minimum atomic E-state index is 0.556. The fourth-order valence-corrected chi connectivity index (χ4v) is 2.41. The average Bonchev–Trinajstić information content (AvgIpc) is 2.77. The summed E-state index contributed by atoms with van der Waals surface area (Å²) in [6.45, 7) is 5.95. The van der Waals surface area contributed by atoms with Crippen LogP contribution >= 0.6 is 0 Å². The van der Waals surface area contributed by atoms with E-state index < -0.39 is 0 Å². The second-order valence-corrected chi connectivity index (χ2v) is 4.52. The molecule has 2 rings (SSSR count). The second kappa shape index (κ2) is 5.46. The van der Waals surface area contributed by atoms with Gasteiger partial charge in [0.1, 0.15) is 0 Å². The number of aromatic nitrogens is 2. The zero-order valence-electron chi connectivity index (χ0n) is 10.1. The smallest absolute Gasteiger partial charge is 0.0764 e. The van der Waals surface area contributed by atoms with Crippen LogP contribution in [0.1, 0.15) is 31.9 Å². The molecule has 90 valence electrons. The predicted molar refractivity (Wildman–Crippen MR) is 65.0 cm³/mol. The second-order valence-electron chi connectivity index (χ2n) is 4.52. The Balaban J connectivity index is 1.96. The third kappa shape index (κ3) is 2.62. The summed E-state index contributed by atoms with van der Waals surface area (Å²) in [7, 11) is 0. The van der Waals surface area contributed by atoms with Crippen LogP contribution in [0.15, 0.2) is 12.3 Å². The van der Waals surface area contributed by atoms with Gasteiger partial charge >= 0.3 is 0 Å². The van der Waals surface area contributed by atoms with Crippen LogP contribution in [-0.2, 0) is 13.1 Å². The Morgan fingerprint density at radius 1 is 1.50 bits per heavy atom. The van der Waals surface area contributed by atoms with Crippen molar-refractivity contribution in [2.24, 2.45) is 5.73 Å². The molecule has 1 atom stereocenters. The van der Waals surface area contributed by atoms with Gasteiger partial charge in [0.15, 0.2) is 0 Å². The molecule has 1 saturated heterocycles. The summed E-state index contributed by atoms with van der Waals surface area (Å²) >= 11 is 0. The number of rotatable bonds is 4. The quantitative estimate of drug-likeness (QED) is 0.833. The first-order valence-electron chi connectivity index (χ1n) is 6.30. The SMILES string of the molecule is CCn1ccc(CN2CCCC[C@H]2CN)n1. The minimum Gasteiger partial charge on any atom is -0.329 e. The molecule has 0 unspecified atom stereocenters. The molecule has 1 aliphatic rings. The van der Waals surface area contributed by atoms with Crippen LogP contribution in [-0.4, -0.2) is 33.8 Å². The summed E-state index contributed by atoms with van der Waals surface area (Å²) < 4.78 is 1.98. The van der Waals surface area contributed by atoms with Gasteiger partial charge in [-0.3, -0.25) is 9.58 Å². The van der Waals surface area contributed by atoms with E-state index in [1.807, 2.05) is 4.68 Å². The molecule has 2 N–H and O–H groups in total. The Hall–Kier alpha value is -0.870. The van der Waals surface area contributed by atoms with Crippen molar-refractivity contribution in [3.63, 3.8) is 0 Å². The fourth-order valence-electron chi connectivity index (χ4n) is 2.41. The monoisotopic (exact) mass is 222 g/mol. The summed E-state index contributed by atoms with van der Waals surface area (Å²) in [6, 6.07) is 2.67. The van der Waals surface area contributed by atoms with Crippen LogP contribution in [0, 0.1) is 0 Å². The zero-order valence-corrected chi connectivity index (χ0v) is 10.1. The molecule has 1 aliphatic heterocycles. The highest BCUT2D eigenvalue weighted by atomic mass is 15.3. The van der Waals surface area contributed by atoms with E-state index >= 15 is 0 Å². The van der Waals surface area contributed by atoms with Crippen molar-refractivity contribution < 1.29 is 0 Å². The molecule has 16 heavy (non-hydrogen) atoms. The van der Waals surface area contributed by atoms with E-state index in [-0.39, 0.29) is 0 Å². The van der Waals surface area contributed by atoms with E-state index in [4.69, 9.17) is 5.73 Å². The molecule has 0 aliphatic carbocycles. The number of piperidine rings is 1. The number of hydrogen-bond acceptors (Lipinski definition) is 3. The molecular weight excluding hydrogens is 200 g/mol. The van der Waals surface area contributed by atoms with E-state index in [1.165, 1.54) is 31.5 Å². The van der Waals surface area contributed by atoms with Gasteiger partial charge in [0.05, 0.1) is 5.69 Å². The molecule has 0 bridgehead atoms. The van der Waals surface area contributed by atoms with Crippen molar-refractivity contribution in [1.29, 1.82) is 0 Å². The highest BCUT2D eigenvalue weighted by molar-refractivity contribution is 4.99. The van der Waals surface area contributed by atoms with E-state index in [2.05, 4.69) is 29.2 Å². The van der Waals surface area contributed by atoms with Crippen LogP contribution < -0.4 is 5.73 Å². The Morgan fingerprint density at radius 3 is 3.06 bits per heavy atom. The predicted octanol–water partition coefficient (Wildman–Crippen LogP) is 1.22. The summed E-state index contributed by atoms with van der Waals surface area (Å²) in [5.74, 6) is 0. The number of aryl methyl sites for hydroxylation is 1. The number of hydrogen-bond donors (Lipinski definition) is 1. The van der Waals surface area contributed by atoms with Crippen molar-refractivity contribution in [2.75, 3.05) is 13.1 Å².